The lowest BCUT2D eigenvalue weighted by Crippen LogP contribution is -2.42. The van der Waals surface area contributed by atoms with Crippen LogP contribution in [-0.4, -0.2) is 37.8 Å². The van der Waals surface area contributed by atoms with Gasteiger partial charge in [0.25, 0.3) is 0 Å². The van der Waals surface area contributed by atoms with Gasteiger partial charge in [-0.1, -0.05) is 23.2 Å². The Kier molecular flexibility index (Phi) is 5.85. The van der Waals surface area contributed by atoms with Crippen molar-refractivity contribution in [3.63, 3.8) is 0 Å². The van der Waals surface area contributed by atoms with Crippen molar-refractivity contribution in [2.45, 2.75) is 37.7 Å². The van der Waals surface area contributed by atoms with Crippen molar-refractivity contribution in [3.8, 4) is 5.75 Å². The molecular weight excluding hydrogens is 381 g/mol. The number of hydrogen-bond acceptors (Lipinski definition) is 4. The number of hydrogen-bond donors (Lipinski definition) is 0. The summed E-state index contributed by atoms with van der Waals surface area (Å²) in [5.74, 6) is 0.643. The fourth-order valence-electron chi connectivity index (χ4n) is 3.00. The minimum Gasteiger partial charge on any atom is -0.593 e. The molecule has 25 heavy (non-hydrogen) atoms. The van der Waals surface area contributed by atoms with Crippen LogP contribution in [0.3, 0.4) is 0 Å². The molecule has 1 unspecified atom stereocenters. The second kappa shape index (κ2) is 7.76. The van der Waals surface area contributed by atoms with E-state index >= 15 is 0 Å². The van der Waals surface area contributed by atoms with Crippen LogP contribution in [0.2, 0.25) is 10.0 Å². The predicted octanol–water partition coefficient (Wildman–Crippen LogP) is 3.91. The third-order valence-corrected chi connectivity index (χ3v) is 6.74. The molecule has 2 aromatic rings. The second-order valence-corrected chi connectivity index (χ2v) is 8.46. The van der Waals surface area contributed by atoms with Gasteiger partial charge in [0.2, 0.25) is 4.90 Å². The van der Waals surface area contributed by atoms with Crippen LogP contribution in [0.5, 0.6) is 5.75 Å². The molecule has 3 rings (SSSR count). The van der Waals surface area contributed by atoms with E-state index in [1.165, 1.54) is 0 Å². The molecule has 1 atom stereocenters. The Morgan fingerprint density at radius 2 is 1.92 bits per heavy atom. The SMILES string of the molecule is Cc1nn(C)c(C)c1[S+]([O-])N1CCC(Oc2ccc(Cl)cc2Cl)CC1. The van der Waals surface area contributed by atoms with Gasteiger partial charge in [0.15, 0.2) is 0 Å². The minimum absolute atomic E-state index is 0.0583. The highest BCUT2D eigenvalue weighted by atomic mass is 35.5. The lowest BCUT2D eigenvalue weighted by atomic mass is 10.1. The number of ether oxygens (including phenoxy) is 1. The lowest BCUT2D eigenvalue weighted by molar-refractivity contribution is 0.135. The second-order valence-electron chi connectivity index (χ2n) is 6.19. The van der Waals surface area contributed by atoms with Gasteiger partial charge >= 0.3 is 0 Å². The highest BCUT2D eigenvalue weighted by Gasteiger charge is 2.33. The molecule has 1 aliphatic heterocycles. The van der Waals surface area contributed by atoms with E-state index in [9.17, 15) is 4.55 Å². The van der Waals surface area contributed by atoms with E-state index in [1.807, 2.05) is 25.2 Å². The Balaban J connectivity index is 1.61. The van der Waals surface area contributed by atoms with Crippen molar-refractivity contribution in [1.29, 1.82) is 0 Å². The van der Waals surface area contributed by atoms with Gasteiger partial charge in [0, 0.05) is 38.0 Å². The Bertz CT molecular complexity index is 761. The first-order valence-electron chi connectivity index (χ1n) is 8.15. The number of nitrogens with zero attached hydrogens (tertiary/aromatic N) is 3. The van der Waals surface area contributed by atoms with E-state index in [1.54, 1.807) is 22.9 Å². The van der Waals surface area contributed by atoms with Crippen LogP contribution in [0.4, 0.5) is 0 Å². The fourth-order valence-corrected chi connectivity index (χ4v) is 4.93. The summed E-state index contributed by atoms with van der Waals surface area (Å²) in [4.78, 5) is 0.822. The van der Waals surface area contributed by atoms with Crippen LogP contribution in [0.1, 0.15) is 24.2 Å². The maximum atomic E-state index is 12.9. The summed E-state index contributed by atoms with van der Waals surface area (Å²) in [5.41, 5.74) is 1.77. The summed E-state index contributed by atoms with van der Waals surface area (Å²) in [6, 6.07) is 5.23. The van der Waals surface area contributed by atoms with Crippen molar-refractivity contribution in [1.82, 2.24) is 14.1 Å². The summed E-state index contributed by atoms with van der Waals surface area (Å²) in [7, 11) is 1.87. The van der Waals surface area contributed by atoms with Gasteiger partial charge < -0.3 is 9.29 Å². The molecule has 8 heteroatoms. The molecule has 0 radical (unpaired) electrons. The number of aromatic nitrogens is 2. The first-order valence-corrected chi connectivity index (χ1v) is 10.0. The van der Waals surface area contributed by atoms with Crippen LogP contribution >= 0.6 is 23.2 Å². The molecule has 0 amide bonds. The number of piperidine rings is 1. The first kappa shape index (κ1) is 18.9. The fraction of sp³-hybridized carbons (Fsp3) is 0.471. The summed E-state index contributed by atoms with van der Waals surface area (Å²) < 4.78 is 22.7. The average molecular weight is 402 g/mol. The quantitative estimate of drug-likeness (QED) is 0.728. The largest absolute Gasteiger partial charge is 0.593 e. The smallest absolute Gasteiger partial charge is 0.217 e. The molecule has 1 fully saturated rings. The van der Waals surface area contributed by atoms with Gasteiger partial charge in [-0.05, 0) is 32.0 Å². The van der Waals surface area contributed by atoms with E-state index in [0.717, 1.165) is 29.1 Å². The highest BCUT2D eigenvalue weighted by Crippen LogP contribution is 2.31. The zero-order valence-corrected chi connectivity index (χ0v) is 16.8. The van der Waals surface area contributed by atoms with Gasteiger partial charge in [-0.3, -0.25) is 4.68 Å². The predicted molar refractivity (Wildman–Crippen MR) is 101 cm³/mol. The number of halogens is 2. The summed E-state index contributed by atoms with van der Waals surface area (Å²) in [6.07, 6.45) is 1.65. The van der Waals surface area contributed by atoms with Crippen molar-refractivity contribution in [2.24, 2.45) is 7.05 Å². The standard InChI is InChI=1S/C17H21Cl2N3O2S/c1-11-17(12(2)21(3)20-11)25(23)22-8-6-14(7-9-22)24-16-5-4-13(18)10-15(16)19/h4-5,10,14H,6-9H2,1-3H3. The van der Waals surface area contributed by atoms with Gasteiger partial charge in [-0.2, -0.15) is 5.10 Å². The van der Waals surface area contributed by atoms with Crippen molar-refractivity contribution < 1.29 is 9.29 Å². The Morgan fingerprint density at radius 3 is 2.48 bits per heavy atom. The monoisotopic (exact) mass is 401 g/mol. The molecule has 1 saturated heterocycles. The van der Waals surface area contributed by atoms with Gasteiger partial charge in [-0.25, -0.2) is 0 Å². The van der Waals surface area contributed by atoms with E-state index in [4.69, 9.17) is 27.9 Å². The molecule has 0 N–H and O–H groups in total. The molecule has 0 saturated carbocycles. The third kappa shape index (κ3) is 4.09. The van der Waals surface area contributed by atoms with Crippen molar-refractivity contribution in [3.05, 3.63) is 39.6 Å². The van der Waals surface area contributed by atoms with E-state index in [-0.39, 0.29) is 6.10 Å². The zero-order valence-electron chi connectivity index (χ0n) is 14.5. The molecule has 0 aliphatic carbocycles. The molecular formula is C17H21Cl2N3O2S. The molecule has 136 valence electrons. The molecule has 1 aromatic carbocycles. The summed E-state index contributed by atoms with van der Waals surface area (Å²) in [6.45, 7) is 5.26. The van der Waals surface area contributed by atoms with Gasteiger partial charge in [-0.15, -0.1) is 4.31 Å². The number of benzene rings is 1. The summed E-state index contributed by atoms with van der Waals surface area (Å²) >= 11 is 10.9. The minimum atomic E-state index is -1.19. The number of aryl methyl sites for hydroxylation is 2. The van der Waals surface area contributed by atoms with Crippen molar-refractivity contribution in [2.75, 3.05) is 13.1 Å². The van der Waals surface area contributed by atoms with Crippen molar-refractivity contribution >= 4 is 34.6 Å². The molecule has 0 spiro atoms. The normalized spacial score (nSPS) is 17.7. The number of rotatable bonds is 4. The van der Waals surface area contributed by atoms with E-state index in [2.05, 4.69) is 5.10 Å². The molecule has 2 heterocycles. The van der Waals surface area contributed by atoms with E-state index < -0.39 is 11.4 Å². The Labute approximate surface area is 161 Å². The summed E-state index contributed by atoms with van der Waals surface area (Å²) in [5, 5.41) is 5.46. The zero-order chi connectivity index (χ0) is 18.1. The van der Waals surface area contributed by atoms with Crippen LogP contribution in [0.15, 0.2) is 23.1 Å². The molecule has 0 bridgehead atoms. The topological polar surface area (TPSA) is 53.3 Å². The third-order valence-electron chi connectivity index (χ3n) is 4.44. The van der Waals surface area contributed by atoms with Crippen LogP contribution in [-0.2, 0) is 18.4 Å². The maximum Gasteiger partial charge on any atom is 0.217 e. The molecule has 1 aromatic heterocycles. The molecule has 1 aliphatic rings. The van der Waals surface area contributed by atoms with Gasteiger partial charge in [0.1, 0.15) is 17.5 Å². The van der Waals surface area contributed by atoms with Gasteiger partial charge in [0.05, 0.1) is 22.1 Å². The van der Waals surface area contributed by atoms with Crippen LogP contribution in [0, 0.1) is 13.8 Å². The lowest BCUT2D eigenvalue weighted by Gasteiger charge is -2.32. The van der Waals surface area contributed by atoms with E-state index in [0.29, 0.717) is 28.9 Å². The molecule has 5 nitrogen and oxygen atoms in total. The van der Waals surface area contributed by atoms with Crippen LogP contribution in [0.25, 0.3) is 0 Å². The average Bonchev–Trinajstić information content (AvgIpc) is 2.83. The highest BCUT2D eigenvalue weighted by molar-refractivity contribution is 7.89. The first-order chi connectivity index (χ1) is 11.9. The maximum absolute atomic E-state index is 12.9. The Morgan fingerprint density at radius 1 is 1.24 bits per heavy atom. The Hall–Kier alpha value is -0.920. The van der Waals surface area contributed by atoms with Crippen LogP contribution < -0.4 is 4.74 Å².